The molecule has 0 spiro atoms. The second-order valence-corrected chi connectivity index (χ2v) is 11.4. The van der Waals surface area contributed by atoms with E-state index < -0.39 is 25.9 Å². The molecule has 0 saturated carbocycles. The highest BCUT2D eigenvalue weighted by Crippen LogP contribution is 2.28. The van der Waals surface area contributed by atoms with Crippen molar-refractivity contribution in [2.45, 2.75) is 38.1 Å². The maximum atomic E-state index is 13.0. The van der Waals surface area contributed by atoms with Crippen LogP contribution in [0.3, 0.4) is 0 Å². The first-order chi connectivity index (χ1) is 10.5. The lowest BCUT2D eigenvalue weighted by Crippen LogP contribution is -2.43. The van der Waals surface area contributed by atoms with E-state index in [0.29, 0.717) is 13.0 Å². The number of sulfonamides is 1. The largest absolute Gasteiger partial charge is 0.243 e. The topological polar surface area (TPSA) is 71.5 Å². The Morgan fingerprint density at radius 1 is 1.35 bits per heavy atom. The van der Waals surface area contributed by atoms with E-state index >= 15 is 0 Å². The van der Waals surface area contributed by atoms with E-state index in [1.54, 1.807) is 18.2 Å². The summed E-state index contributed by atoms with van der Waals surface area (Å²) < 4.78 is 51.8. The molecule has 5 nitrogen and oxygen atoms in total. The fourth-order valence-electron chi connectivity index (χ4n) is 2.72. The van der Waals surface area contributed by atoms with Crippen LogP contribution in [0, 0.1) is 12.8 Å². The predicted molar refractivity (Wildman–Crippen MR) is 94.7 cm³/mol. The Hall–Kier alpha value is -0.440. The lowest BCUT2D eigenvalue weighted by atomic mass is 10.2. The van der Waals surface area contributed by atoms with Gasteiger partial charge in [0.15, 0.2) is 9.84 Å². The Morgan fingerprint density at radius 2 is 2.00 bits per heavy atom. The molecule has 1 aromatic rings. The molecule has 1 atom stereocenters. The molecule has 2 rings (SSSR count). The van der Waals surface area contributed by atoms with E-state index in [-0.39, 0.29) is 22.3 Å². The first kappa shape index (κ1) is 18.9. The lowest BCUT2D eigenvalue weighted by Gasteiger charge is -2.29. The summed E-state index contributed by atoms with van der Waals surface area (Å²) in [6.07, 6.45) is 0.365. The quantitative estimate of drug-likeness (QED) is 0.729. The van der Waals surface area contributed by atoms with Crippen LogP contribution in [-0.2, 0) is 19.9 Å². The smallest absolute Gasteiger partial charge is 0.229 e. The van der Waals surface area contributed by atoms with Crippen LogP contribution in [0.2, 0.25) is 0 Å². The average molecular weight is 424 g/mol. The van der Waals surface area contributed by atoms with Crippen LogP contribution in [0.4, 0.5) is 0 Å². The molecule has 1 heterocycles. The molecule has 0 aromatic heterocycles. The molecule has 23 heavy (non-hydrogen) atoms. The predicted octanol–water partition coefficient (Wildman–Crippen LogP) is 2.59. The van der Waals surface area contributed by atoms with E-state index in [4.69, 9.17) is 0 Å². The second kappa shape index (κ2) is 6.82. The van der Waals surface area contributed by atoms with Crippen LogP contribution in [0.15, 0.2) is 27.6 Å². The SMILES string of the molecule is Cc1cc(S(=O)(=O)N(CC(C)C)C2CCS(=O)(=O)C2)ccc1Br. The minimum absolute atomic E-state index is 0.0567. The van der Waals surface area contributed by atoms with Gasteiger partial charge in [-0.05, 0) is 43.0 Å². The normalized spacial score (nSPS) is 21.2. The first-order valence-corrected chi connectivity index (χ1v) is 11.6. The van der Waals surface area contributed by atoms with Crippen molar-refractivity contribution in [1.29, 1.82) is 0 Å². The molecule has 0 radical (unpaired) electrons. The Balaban J connectivity index is 2.43. The monoisotopic (exact) mass is 423 g/mol. The summed E-state index contributed by atoms with van der Waals surface area (Å²) in [4.78, 5) is 0.211. The third-order valence-corrected chi connectivity index (χ3v) is 8.45. The molecule has 130 valence electrons. The first-order valence-electron chi connectivity index (χ1n) is 7.51. The number of hydrogen-bond donors (Lipinski definition) is 0. The van der Waals surface area contributed by atoms with Gasteiger partial charge < -0.3 is 0 Å². The van der Waals surface area contributed by atoms with Crippen molar-refractivity contribution < 1.29 is 16.8 Å². The van der Waals surface area contributed by atoms with Gasteiger partial charge in [-0.15, -0.1) is 0 Å². The Labute approximate surface area is 147 Å². The fourth-order valence-corrected chi connectivity index (χ4v) is 6.69. The van der Waals surface area contributed by atoms with E-state index in [0.717, 1.165) is 10.0 Å². The molecule has 1 aliphatic rings. The maximum Gasteiger partial charge on any atom is 0.243 e. The van der Waals surface area contributed by atoms with Crippen LogP contribution in [-0.4, -0.2) is 45.2 Å². The number of aryl methyl sites for hydroxylation is 1. The molecule has 0 N–H and O–H groups in total. The standard InChI is InChI=1S/C15H22BrNO4S2/c1-11(2)9-17(13-6-7-22(18,19)10-13)23(20,21)14-4-5-15(16)12(3)8-14/h4-5,8,11,13H,6-7,9-10H2,1-3H3. The number of rotatable bonds is 5. The van der Waals surface area contributed by atoms with Gasteiger partial charge in [0.2, 0.25) is 10.0 Å². The van der Waals surface area contributed by atoms with Gasteiger partial charge >= 0.3 is 0 Å². The van der Waals surface area contributed by atoms with Crippen molar-refractivity contribution in [2.24, 2.45) is 5.92 Å². The van der Waals surface area contributed by atoms with Crippen molar-refractivity contribution in [1.82, 2.24) is 4.31 Å². The molecule has 0 amide bonds. The van der Waals surface area contributed by atoms with E-state index in [9.17, 15) is 16.8 Å². The Morgan fingerprint density at radius 3 is 2.48 bits per heavy atom. The zero-order valence-corrected chi connectivity index (χ0v) is 16.7. The van der Waals surface area contributed by atoms with Gasteiger partial charge in [0.1, 0.15) is 0 Å². The molecule has 8 heteroatoms. The van der Waals surface area contributed by atoms with Crippen LogP contribution < -0.4 is 0 Å². The number of halogens is 1. The van der Waals surface area contributed by atoms with E-state index in [2.05, 4.69) is 15.9 Å². The van der Waals surface area contributed by atoms with Gasteiger partial charge in [-0.2, -0.15) is 4.31 Å². The van der Waals surface area contributed by atoms with E-state index in [1.807, 2.05) is 20.8 Å². The molecule has 0 aliphatic carbocycles. The van der Waals surface area contributed by atoms with Crippen molar-refractivity contribution in [3.05, 3.63) is 28.2 Å². The summed E-state index contributed by atoms with van der Waals surface area (Å²) in [6.45, 7) is 6.01. The summed E-state index contributed by atoms with van der Waals surface area (Å²) >= 11 is 3.37. The minimum Gasteiger partial charge on any atom is -0.229 e. The van der Waals surface area contributed by atoms with E-state index in [1.165, 1.54) is 4.31 Å². The second-order valence-electron chi connectivity index (χ2n) is 6.44. The molecular weight excluding hydrogens is 402 g/mol. The maximum absolute atomic E-state index is 13.0. The highest BCUT2D eigenvalue weighted by atomic mass is 79.9. The van der Waals surface area contributed by atoms with Crippen LogP contribution >= 0.6 is 15.9 Å². The molecule has 1 saturated heterocycles. The third-order valence-electron chi connectivity index (χ3n) is 3.90. The van der Waals surface area contributed by atoms with Crippen LogP contribution in [0.1, 0.15) is 25.8 Å². The van der Waals surface area contributed by atoms with Gasteiger partial charge in [-0.3, -0.25) is 0 Å². The van der Waals surface area contributed by atoms with Crippen molar-refractivity contribution in [2.75, 3.05) is 18.1 Å². The van der Waals surface area contributed by atoms with Gasteiger partial charge in [0, 0.05) is 17.1 Å². The molecule has 1 unspecified atom stereocenters. The molecule has 0 bridgehead atoms. The highest BCUT2D eigenvalue weighted by molar-refractivity contribution is 9.10. The molecule has 1 fully saturated rings. The Kier molecular flexibility index (Phi) is 5.60. The Bertz CT molecular complexity index is 788. The zero-order chi connectivity index (χ0) is 17.4. The highest BCUT2D eigenvalue weighted by Gasteiger charge is 2.39. The van der Waals surface area contributed by atoms with Crippen molar-refractivity contribution in [3.8, 4) is 0 Å². The molecular formula is C15H22BrNO4S2. The summed E-state index contributed by atoms with van der Waals surface area (Å²) in [5.41, 5.74) is 0.828. The summed E-state index contributed by atoms with van der Waals surface area (Å²) in [5.74, 6) is 0.0833. The lowest BCUT2D eigenvalue weighted by molar-refractivity contribution is 0.308. The number of benzene rings is 1. The number of sulfone groups is 1. The number of hydrogen-bond acceptors (Lipinski definition) is 4. The number of nitrogens with zero attached hydrogens (tertiary/aromatic N) is 1. The van der Waals surface area contributed by atoms with Crippen molar-refractivity contribution in [3.63, 3.8) is 0 Å². The zero-order valence-electron chi connectivity index (χ0n) is 13.5. The van der Waals surface area contributed by atoms with Gasteiger partial charge in [-0.25, -0.2) is 16.8 Å². The fraction of sp³-hybridized carbons (Fsp3) is 0.600. The van der Waals surface area contributed by atoms with Crippen LogP contribution in [0.5, 0.6) is 0 Å². The summed E-state index contributed by atoms with van der Waals surface area (Å²) in [5, 5.41) is 0. The molecule has 1 aliphatic heterocycles. The van der Waals surface area contributed by atoms with Gasteiger partial charge in [-0.1, -0.05) is 29.8 Å². The minimum atomic E-state index is -3.72. The summed E-state index contributed by atoms with van der Waals surface area (Å²) in [7, 11) is -6.87. The van der Waals surface area contributed by atoms with Gasteiger partial charge in [0.25, 0.3) is 0 Å². The summed E-state index contributed by atoms with van der Waals surface area (Å²) in [6, 6.07) is 4.41. The molecule has 1 aromatic carbocycles. The van der Waals surface area contributed by atoms with Crippen LogP contribution in [0.25, 0.3) is 0 Å². The van der Waals surface area contributed by atoms with Gasteiger partial charge in [0.05, 0.1) is 16.4 Å². The third kappa shape index (κ3) is 4.35. The average Bonchev–Trinajstić information content (AvgIpc) is 2.78. The van der Waals surface area contributed by atoms with Crippen molar-refractivity contribution >= 4 is 35.8 Å².